The standard InChI is InChI=1S/C12H14INO/c1-9-5-6-11(12(13)15)8-10(9)4-2-3-7-14/h5-8,14H,2-4H2,1H3. The Kier molecular flexibility index (Phi) is 4.94. The number of halogens is 1. The molecular formula is C12H14INO. The van der Waals surface area contributed by atoms with Gasteiger partial charge in [0.2, 0.25) is 3.79 Å². The van der Waals surface area contributed by atoms with Gasteiger partial charge in [0.25, 0.3) is 0 Å². The molecule has 80 valence electrons. The van der Waals surface area contributed by atoms with Gasteiger partial charge >= 0.3 is 0 Å². The van der Waals surface area contributed by atoms with E-state index in [1.54, 1.807) is 22.6 Å². The predicted molar refractivity (Wildman–Crippen MR) is 71.3 cm³/mol. The van der Waals surface area contributed by atoms with E-state index in [0.29, 0.717) is 0 Å². The molecule has 2 nitrogen and oxygen atoms in total. The van der Waals surface area contributed by atoms with E-state index in [0.717, 1.165) is 24.8 Å². The predicted octanol–water partition coefficient (Wildman–Crippen LogP) is 3.54. The molecule has 15 heavy (non-hydrogen) atoms. The summed E-state index contributed by atoms with van der Waals surface area (Å²) >= 11 is 1.81. The van der Waals surface area contributed by atoms with E-state index in [2.05, 4.69) is 6.92 Å². The van der Waals surface area contributed by atoms with Gasteiger partial charge < -0.3 is 5.41 Å². The van der Waals surface area contributed by atoms with Gasteiger partial charge in [0.05, 0.1) is 0 Å². The summed E-state index contributed by atoms with van der Waals surface area (Å²) in [6.07, 6.45) is 4.16. The summed E-state index contributed by atoms with van der Waals surface area (Å²) in [4.78, 5) is 11.2. The van der Waals surface area contributed by atoms with Crippen LogP contribution in [-0.4, -0.2) is 10.0 Å². The zero-order valence-corrected chi connectivity index (χ0v) is 10.9. The molecule has 1 aromatic rings. The molecule has 0 unspecified atom stereocenters. The van der Waals surface area contributed by atoms with Gasteiger partial charge in [-0.1, -0.05) is 12.1 Å². The topological polar surface area (TPSA) is 40.9 Å². The average Bonchev–Trinajstić information content (AvgIpc) is 2.20. The van der Waals surface area contributed by atoms with Gasteiger partial charge in [0, 0.05) is 28.2 Å². The minimum atomic E-state index is 0.0842. The maximum atomic E-state index is 11.2. The van der Waals surface area contributed by atoms with Crippen molar-refractivity contribution in [2.75, 3.05) is 0 Å². The van der Waals surface area contributed by atoms with E-state index in [1.165, 1.54) is 17.3 Å². The van der Waals surface area contributed by atoms with Crippen molar-refractivity contribution in [1.82, 2.24) is 0 Å². The number of benzene rings is 1. The second kappa shape index (κ2) is 6.00. The minimum absolute atomic E-state index is 0.0842. The molecule has 0 saturated heterocycles. The van der Waals surface area contributed by atoms with Crippen LogP contribution in [0.3, 0.4) is 0 Å². The van der Waals surface area contributed by atoms with Crippen LogP contribution in [0.1, 0.15) is 34.3 Å². The largest absolute Gasteiger partial charge is 0.313 e. The molecule has 0 aliphatic heterocycles. The Labute approximate surface area is 104 Å². The lowest BCUT2D eigenvalue weighted by Crippen LogP contribution is -1.95. The van der Waals surface area contributed by atoms with Crippen LogP contribution in [0.2, 0.25) is 0 Å². The highest BCUT2D eigenvalue weighted by Crippen LogP contribution is 2.16. The summed E-state index contributed by atoms with van der Waals surface area (Å²) in [7, 11) is 0. The first-order chi connectivity index (χ1) is 7.15. The lowest BCUT2D eigenvalue weighted by atomic mass is 10.0. The van der Waals surface area contributed by atoms with E-state index in [4.69, 9.17) is 5.41 Å². The number of carbonyl (C=O) groups excluding carboxylic acids is 1. The molecule has 1 rings (SSSR count). The van der Waals surface area contributed by atoms with Crippen molar-refractivity contribution in [1.29, 1.82) is 5.41 Å². The summed E-state index contributed by atoms with van der Waals surface area (Å²) in [6, 6.07) is 5.82. The Bertz CT molecular complexity index is 374. The first-order valence-corrected chi connectivity index (χ1v) is 6.01. The van der Waals surface area contributed by atoms with Gasteiger partial charge in [-0.15, -0.1) is 0 Å². The molecule has 0 aromatic heterocycles. The quantitative estimate of drug-likeness (QED) is 0.384. The minimum Gasteiger partial charge on any atom is -0.313 e. The van der Waals surface area contributed by atoms with E-state index in [-0.39, 0.29) is 3.79 Å². The summed E-state index contributed by atoms with van der Waals surface area (Å²) in [5, 5.41) is 6.95. The lowest BCUT2D eigenvalue weighted by Gasteiger charge is -2.06. The zero-order chi connectivity index (χ0) is 11.3. The van der Waals surface area contributed by atoms with Crippen LogP contribution >= 0.6 is 22.6 Å². The Morgan fingerprint density at radius 3 is 2.87 bits per heavy atom. The molecule has 0 heterocycles. The Hall–Kier alpha value is -0.710. The van der Waals surface area contributed by atoms with Gasteiger partial charge in [-0.05, 0) is 49.6 Å². The van der Waals surface area contributed by atoms with E-state index < -0.39 is 0 Å². The van der Waals surface area contributed by atoms with Crippen molar-refractivity contribution in [2.24, 2.45) is 0 Å². The van der Waals surface area contributed by atoms with Crippen LogP contribution in [0.25, 0.3) is 0 Å². The monoisotopic (exact) mass is 315 g/mol. The molecule has 0 atom stereocenters. The number of hydrogen-bond acceptors (Lipinski definition) is 2. The van der Waals surface area contributed by atoms with E-state index in [1.807, 2.05) is 18.2 Å². The highest BCUT2D eigenvalue weighted by atomic mass is 127. The average molecular weight is 315 g/mol. The van der Waals surface area contributed by atoms with Crippen LogP contribution in [0.5, 0.6) is 0 Å². The van der Waals surface area contributed by atoms with Crippen molar-refractivity contribution in [3.63, 3.8) is 0 Å². The van der Waals surface area contributed by atoms with Crippen molar-refractivity contribution in [2.45, 2.75) is 26.2 Å². The fraction of sp³-hybridized carbons (Fsp3) is 0.333. The van der Waals surface area contributed by atoms with Crippen LogP contribution in [0.4, 0.5) is 0 Å². The van der Waals surface area contributed by atoms with Crippen LogP contribution in [-0.2, 0) is 6.42 Å². The smallest absolute Gasteiger partial charge is 0.222 e. The third kappa shape index (κ3) is 3.74. The number of carbonyl (C=O) groups is 1. The number of rotatable bonds is 5. The highest BCUT2D eigenvalue weighted by molar-refractivity contribution is 14.1. The molecule has 0 spiro atoms. The summed E-state index contributed by atoms with van der Waals surface area (Å²) in [5.74, 6) is 0. The molecule has 0 radical (unpaired) electrons. The van der Waals surface area contributed by atoms with Gasteiger partial charge in [-0.2, -0.15) is 0 Å². The second-order valence-corrected chi connectivity index (χ2v) is 4.49. The van der Waals surface area contributed by atoms with Crippen molar-refractivity contribution in [3.05, 3.63) is 34.9 Å². The lowest BCUT2D eigenvalue weighted by molar-refractivity contribution is 0.110. The van der Waals surface area contributed by atoms with Crippen LogP contribution in [0, 0.1) is 12.3 Å². The molecule has 0 bridgehead atoms. The molecule has 0 amide bonds. The number of unbranched alkanes of at least 4 members (excludes halogenated alkanes) is 1. The Balaban J connectivity index is 2.80. The SMILES string of the molecule is Cc1ccc(C(=O)I)cc1CCCC=N. The zero-order valence-electron chi connectivity index (χ0n) is 8.72. The van der Waals surface area contributed by atoms with Gasteiger partial charge in [-0.3, -0.25) is 4.79 Å². The third-order valence-corrected chi connectivity index (χ3v) is 2.99. The van der Waals surface area contributed by atoms with Gasteiger partial charge in [0.15, 0.2) is 0 Å². The fourth-order valence-electron chi connectivity index (χ4n) is 1.46. The van der Waals surface area contributed by atoms with E-state index in [9.17, 15) is 4.79 Å². The molecule has 1 N–H and O–H groups in total. The van der Waals surface area contributed by atoms with Crippen LogP contribution < -0.4 is 0 Å². The summed E-state index contributed by atoms with van der Waals surface area (Å²) in [5.41, 5.74) is 3.21. The number of hydrogen-bond donors (Lipinski definition) is 1. The molecule has 1 aromatic carbocycles. The van der Waals surface area contributed by atoms with Gasteiger partial charge in [0.1, 0.15) is 0 Å². The fourth-order valence-corrected chi connectivity index (χ4v) is 1.79. The number of nitrogens with one attached hydrogen (secondary N) is 1. The molecular weight excluding hydrogens is 301 g/mol. The Morgan fingerprint density at radius 2 is 2.27 bits per heavy atom. The van der Waals surface area contributed by atoms with Gasteiger partial charge in [-0.25, -0.2) is 0 Å². The van der Waals surface area contributed by atoms with Crippen LogP contribution in [0.15, 0.2) is 18.2 Å². The maximum Gasteiger partial charge on any atom is 0.222 e. The second-order valence-electron chi connectivity index (χ2n) is 3.51. The number of aryl methyl sites for hydroxylation is 2. The van der Waals surface area contributed by atoms with Crippen molar-refractivity contribution >= 4 is 32.6 Å². The summed E-state index contributed by atoms with van der Waals surface area (Å²) in [6.45, 7) is 2.06. The third-order valence-electron chi connectivity index (χ3n) is 2.37. The normalized spacial score (nSPS) is 10.0. The van der Waals surface area contributed by atoms with Crippen molar-refractivity contribution < 1.29 is 4.79 Å². The van der Waals surface area contributed by atoms with Crippen molar-refractivity contribution in [3.8, 4) is 0 Å². The molecule has 0 aliphatic rings. The van der Waals surface area contributed by atoms with E-state index >= 15 is 0 Å². The Morgan fingerprint density at radius 1 is 1.53 bits per heavy atom. The first kappa shape index (κ1) is 12.4. The molecule has 0 aliphatic carbocycles. The highest BCUT2D eigenvalue weighted by Gasteiger charge is 2.04. The molecule has 0 saturated carbocycles. The first-order valence-electron chi connectivity index (χ1n) is 4.93. The molecule has 3 heteroatoms. The maximum absolute atomic E-state index is 11.2. The molecule has 0 fully saturated rings. The summed E-state index contributed by atoms with van der Waals surface area (Å²) < 4.78 is 0.0842.